The molecule has 126 valence electrons. The average molecular weight is 322 g/mol. The van der Waals surface area contributed by atoms with Crippen LogP contribution in [0.3, 0.4) is 0 Å². The Hall–Kier alpha value is -2.34. The first-order valence-corrected chi connectivity index (χ1v) is 7.06. The molecule has 4 N–H and O–H groups in total. The zero-order valence-corrected chi connectivity index (χ0v) is 13.0. The van der Waals surface area contributed by atoms with E-state index in [0.29, 0.717) is 11.7 Å². The van der Waals surface area contributed by atoms with Crippen LogP contribution in [0.2, 0.25) is 0 Å². The number of carbonyl (C=O) groups excluding carboxylic acids is 1. The van der Waals surface area contributed by atoms with Crippen molar-refractivity contribution in [3.63, 3.8) is 0 Å². The summed E-state index contributed by atoms with van der Waals surface area (Å²) in [6, 6.07) is -0.634. The summed E-state index contributed by atoms with van der Waals surface area (Å²) in [7, 11) is 0. The molecular weight excluding hydrogens is 300 g/mol. The Labute approximate surface area is 135 Å². The number of esters is 1. The van der Waals surface area contributed by atoms with E-state index >= 15 is 0 Å². The Morgan fingerprint density at radius 3 is 2.96 bits per heavy atom. The molecule has 1 saturated heterocycles. The minimum Gasteiger partial charge on any atom is -0.462 e. The van der Waals surface area contributed by atoms with Crippen LogP contribution in [0.1, 0.15) is 19.8 Å². The van der Waals surface area contributed by atoms with E-state index in [4.69, 9.17) is 20.4 Å². The van der Waals surface area contributed by atoms with Crippen LogP contribution >= 0.6 is 0 Å². The molecular formula is C15H22N4O4. The molecule has 0 aromatic heterocycles. The highest BCUT2D eigenvalue weighted by Crippen LogP contribution is 2.27. The van der Waals surface area contributed by atoms with E-state index in [1.165, 1.54) is 0 Å². The van der Waals surface area contributed by atoms with Gasteiger partial charge in [-0.1, -0.05) is 6.58 Å². The number of rotatable bonds is 4. The normalized spacial score (nSPS) is 24.3. The Morgan fingerprint density at radius 2 is 2.39 bits per heavy atom. The molecule has 0 amide bonds. The molecule has 23 heavy (non-hydrogen) atoms. The lowest BCUT2D eigenvalue weighted by Crippen LogP contribution is -2.35. The molecule has 0 aliphatic carbocycles. The summed E-state index contributed by atoms with van der Waals surface area (Å²) in [5, 5.41) is 8.79. The molecule has 0 bridgehead atoms. The van der Waals surface area contributed by atoms with Crippen molar-refractivity contribution in [1.29, 1.82) is 0 Å². The van der Waals surface area contributed by atoms with Crippen LogP contribution in [0.25, 0.3) is 0 Å². The first-order valence-electron chi connectivity index (χ1n) is 7.06. The number of terminal acetylenes is 1. The number of nitrogens with one attached hydrogen (secondary N) is 1. The van der Waals surface area contributed by atoms with E-state index in [1.807, 2.05) is 5.48 Å². The molecule has 2 rings (SSSR count). The van der Waals surface area contributed by atoms with E-state index < -0.39 is 12.0 Å². The van der Waals surface area contributed by atoms with Gasteiger partial charge in [-0.25, -0.2) is 4.99 Å². The van der Waals surface area contributed by atoms with E-state index in [1.54, 1.807) is 24.1 Å². The van der Waals surface area contributed by atoms with Crippen molar-refractivity contribution in [2.75, 3.05) is 6.61 Å². The Bertz CT molecular complexity index is 513. The summed E-state index contributed by atoms with van der Waals surface area (Å²) in [6.07, 6.45) is 12.5. The summed E-state index contributed by atoms with van der Waals surface area (Å²) in [5.74, 6) is 0.344. The Balaban J connectivity index is 0.00000127. The molecule has 2 aliphatic heterocycles. The highest BCUT2D eigenvalue weighted by molar-refractivity contribution is 5.93. The molecule has 1 fully saturated rings. The highest BCUT2D eigenvalue weighted by atomic mass is 16.6. The van der Waals surface area contributed by atoms with E-state index in [2.05, 4.69) is 24.4 Å². The third kappa shape index (κ3) is 5.10. The third-order valence-electron chi connectivity index (χ3n) is 3.23. The van der Waals surface area contributed by atoms with Gasteiger partial charge in [0.1, 0.15) is 24.7 Å². The second-order valence-electron chi connectivity index (χ2n) is 4.96. The molecule has 3 unspecified atom stereocenters. The molecule has 3 atom stereocenters. The van der Waals surface area contributed by atoms with Crippen molar-refractivity contribution < 1.29 is 19.5 Å². The fraction of sp³-hybridized carbons (Fsp3) is 0.467. The highest BCUT2D eigenvalue weighted by Gasteiger charge is 2.31. The number of hydrogen-bond acceptors (Lipinski definition) is 8. The minimum atomic E-state index is -0.634. The van der Waals surface area contributed by atoms with E-state index in [9.17, 15) is 4.79 Å². The fourth-order valence-electron chi connectivity index (χ4n) is 2.12. The maximum absolute atomic E-state index is 11.3. The van der Waals surface area contributed by atoms with Gasteiger partial charge in [-0.3, -0.25) is 15.5 Å². The van der Waals surface area contributed by atoms with Crippen molar-refractivity contribution in [3.8, 4) is 12.8 Å². The summed E-state index contributed by atoms with van der Waals surface area (Å²) >= 11 is 0. The van der Waals surface area contributed by atoms with Gasteiger partial charge in [0.2, 0.25) is 0 Å². The maximum Gasteiger partial charge on any atom is 0.322 e. The van der Waals surface area contributed by atoms with Crippen LogP contribution in [0.5, 0.6) is 0 Å². The number of amidine groups is 1. The van der Waals surface area contributed by atoms with Gasteiger partial charge < -0.3 is 20.1 Å². The molecule has 0 aromatic carbocycles. The quantitative estimate of drug-likeness (QED) is 0.388. The maximum atomic E-state index is 11.3. The Morgan fingerprint density at radius 1 is 1.70 bits per heavy atom. The summed E-state index contributed by atoms with van der Waals surface area (Å²) in [6.45, 7) is 5.58. The predicted molar refractivity (Wildman–Crippen MR) is 84.9 cm³/mol. The second-order valence-corrected chi connectivity index (χ2v) is 4.96. The number of hydrogen-bond donors (Lipinski definition) is 3. The number of hydroxylamine groups is 1. The van der Waals surface area contributed by atoms with Gasteiger partial charge in [-0.15, -0.1) is 12.8 Å². The number of nitrogens with zero attached hydrogens (tertiary/aromatic N) is 2. The second kappa shape index (κ2) is 8.95. The van der Waals surface area contributed by atoms with Crippen LogP contribution in [0, 0.1) is 12.8 Å². The molecule has 0 aromatic rings. The van der Waals surface area contributed by atoms with Crippen molar-refractivity contribution in [3.05, 3.63) is 24.7 Å². The molecule has 0 saturated carbocycles. The van der Waals surface area contributed by atoms with Gasteiger partial charge >= 0.3 is 5.97 Å². The van der Waals surface area contributed by atoms with Gasteiger partial charge in [0, 0.05) is 6.20 Å². The SMILES string of the molecule is C#C.C=C1N=C(NO)C=CN1C1CCC(COC(=O)C(C)N)O1. The lowest BCUT2D eigenvalue weighted by molar-refractivity contribution is -0.149. The van der Waals surface area contributed by atoms with Gasteiger partial charge in [0.15, 0.2) is 5.84 Å². The number of aliphatic imine (C=N–C) groups is 1. The van der Waals surface area contributed by atoms with Crippen LogP contribution < -0.4 is 11.2 Å². The van der Waals surface area contributed by atoms with Crippen LogP contribution in [-0.2, 0) is 14.3 Å². The standard InChI is InChI=1S/C13H20N4O4.C2H2/c1-8(14)13(18)20-7-10-3-4-12(21-10)17-6-5-11(16-19)15-9(17)2;1-2/h5-6,8,10,12,19H,2-4,7,14H2,1H3,(H,15,16);1-2H. The van der Waals surface area contributed by atoms with E-state index in [-0.39, 0.29) is 18.9 Å². The van der Waals surface area contributed by atoms with Crippen molar-refractivity contribution in [2.45, 2.75) is 38.1 Å². The molecule has 2 heterocycles. The van der Waals surface area contributed by atoms with Gasteiger partial charge in [-0.05, 0) is 25.8 Å². The molecule has 8 heteroatoms. The first kappa shape index (κ1) is 18.7. The number of nitrogens with two attached hydrogens (primary N) is 1. The summed E-state index contributed by atoms with van der Waals surface area (Å²) in [5.41, 5.74) is 7.39. The minimum absolute atomic E-state index is 0.166. The average Bonchev–Trinajstić information content (AvgIpc) is 3.02. The van der Waals surface area contributed by atoms with Crippen LogP contribution in [-0.4, -0.2) is 46.9 Å². The zero-order chi connectivity index (χ0) is 17.4. The first-order chi connectivity index (χ1) is 11.0. The summed E-state index contributed by atoms with van der Waals surface area (Å²) in [4.78, 5) is 17.2. The van der Waals surface area contributed by atoms with Gasteiger partial charge in [0.25, 0.3) is 0 Å². The van der Waals surface area contributed by atoms with Gasteiger partial charge in [0.05, 0.1) is 6.10 Å². The monoisotopic (exact) mass is 322 g/mol. The number of ether oxygens (including phenoxy) is 2. The van der Waals surface area contributed by atoms with Crippen molar-refractivity contribution in [1.82, 2.24) is 10.4 Å². The predicted octanol–water partition coefficient (Wildman–Crippen LogP) is 0.309. The summed E-state index contributed by atoms with van der Waals surface area (Å²) < 4.78 is 10.9. The Kier molecular flexibility index (Phi) is 7.28. The topological polar surface area (TPSA) is 109 Å². The van der Waals surface area contributed by atoms with Gasteiger partial charge in [-0.2, -0.15) is 0 Å². The van der Waals surface area contributed by atoms with Crippen molar-refractivity contribution in [2.24, 2.45) is 10.7 Å². The van der Waals surface area contributed by atoms with Crippen LogP contribution in [0.15, 0.2) is 29.7 Å². The third-order valence-corrected chi connectivity index (χ3v) is 3.23. The lowest BCUT2D eigenvalue weighted by atomic mass is 10.2. The lowest BCUT2D eigenvalue weighted by Gasteiger charge is -2.29. The van der Waals surface area contributed by atoms with Crippen molar-refractivity contribution >= 4 is 11.8 Å². The zero-order valence-electron chi connectivity index (χ0n) is 13.0. The fourth-order valence-corrected chi connectivity index (χ4v) is 2.12. The number of carbonyl (C=O) groups is 1. The molecule has 0 spiro atoms. The molecule has 2 aliphatic rings. The van der Waals surface area contributed by atoms with Crippen LogP contribution in [0.4, 0.5) is 0 Å². The molecule has 0 radical (unpaired) electrons. The smallest absolute Gasteiger partial charge is 0.322 e. The largest absolute Gasteiger partial charge is 0.462 e. The molecule has 8 nitrogen and oxygen atoms in total. The van der Waals surface area contributed by atoms with E-state index in [0.717, 1.165) is 12.8 Å².